The van der Waals surface area contributed by atoms with Crippen LogP contribution in [0.5, 0.6) is 0 Å². The lowest BCUT2D eigenvalue weighted by molar-refractivity contribution is -0.145. The fraction of sp³-hybridized carbons (Fsp3) is 0.462. The molecule has 1 N–H and O–H groups in total. The summed E-state index contributed by atoms with van der Waals surface area (Å²) in [4.78, 5) is 11.2. The van der Waals surface area contributed by atoms with Gasteiger partial charge >= 0.3 is 5.97 Å². The number of carboxylic acids is 1. The maximum absolute atomic E-state index is 13.1. The van der Waals surface area contributed by atoms with E-state index in [1.807, 2.05) is 20.8 Å². The zero-order valence-corrected chi connectivity index (χ0v) is 11.7. The number of aliphatic carboxylic acids is 1. The van der Waals surface area contributed by atoms with Gasteiger partial charge in [-0.3, -0.25) is 4.79 Å². The van der Waals surface area contributed by atoms with E-state index in [2.05, 4.69) is 15.9 Å². The Morgan fingerprint density at radius 2 is 2.06 bits per heavy atom. The average Bonchev–Trinajstić information content (AvgIpc) is 2.17. The van der Waals surface area contributed by atoms with Crippen LogP contribution in [0, 0.1) is 17.2 Å². The lowest BCUT2D eigenvalue weighted by Crippen LogP contribution is -2.30. The summed E-state index contributed by atoms with van der Waals surface area (Å²) in [5, 5.41) is 9.21. The second kappa shape index (κ2) is 5.17. The van der Waals surface area contributed by atoms with Gasteiger partial charge in [-0.1, -0.05) is 26.8 Å². The average molecular weight is 303 g/mol. The van der Waals surface area contributed by atoms with Gasteiger partial charge in [0.1, 0.15) is 5.82 Å². The van der Waals surface area contributed by atoms with E-state index in [4.69, 9.17) is 0 Å². The zero-order chi connectivity index (χ0) is 13.2. The van der Waals surface area contributed by atoms with Crippen molar-refractivity contribution < 1.29 is 14.3 Å². The smallest absolute Gasteiger partial charge is 0.307 e. The van der Waals surface area contributed by atoms with Gasteiger partial charge in [-0.25, -0.2) is 4.39 Å². The molecular formula is C13H16BrFO2. The van der Waals surface area contributed by atoms with Crippen molar-refractivity contribution in [3.63, 3.8) is 0 Å². The van der Waals surface area contributed by atoms with Gasteiger partial charge in [0.15, 0.2) is 0 Å². The highest BCUT2D eigenvalue weighted by molar-refractivity contribution is 9.10. The highest BCUT2D eigenvalue weighted by Gasteiger charge is 2.31. The van der Waals surface area contributed by atoms with Gasteiger partial charge in [0.2, 0.25) is 0 Å². The lowest BCUT2D eigenvalue weighted by atomic mass is 9.77. The topological polar surface area (TPSA) is 37.3 Å². The predicted octanol–water partition coefficient (Wildman–Crippen LogP) is 3.88. The molecule has 1 rings (SSSR count). The van der Waals surface area contributed by atoms with Crippen LogP contribution < -0.4 is 0 Å². The van der Waals surface area contributed by atoms with Crippen molar-refractivity contribution in [3.05, 3.63) is 34.1 Å². The standard InChI is InChI=1S/C13H16BrFO2/c1-13(2,3)9(12(16)17)6-8-4-5-11(15)10(14)7-8/h4-5,7,9H,6H2,1-3H3,(H,16,17). The molecule has 2 nitrogen and oxygen atoms in total. The minimum atomic E-state index is -0.821. The van der Waals surface area contributed by atoms with Gasteiger partial charge in [0, 0.05) is 0 Å². The van der Waals surface area contributed by atoms with E-state index in [0.29, 0.717) is 10.9 Å². The van der Waals surface area contributed by atoms with E-state index in [9.17, 15) is 14.3 Å². The minimum Gasteiger partial charge on any atom is -0.481 e. The second-order valence-electron chi connectivity index (χ2n) is 5.21. The van der Waals surface area contributed by atoms with Gasteiger partial charge in [-0.2, -0.15) is 0 Å². The molecule has 17 heavy (non-hydrogen) atoms. The summed E-state index contributed by atoms with van der Waals surface area (Å²) in [7, 11) is 0. The number of benzene rings is 1. The van der Waals surface area contributed by atoms with Crippen LogP contribution in [0.2, 0.25) is 0 Å². The van der Waals surface area contributed by atoms with Crippen molar-refractivity contribution in [1.82, 2.24) is 0 Å². The first kappa shape index (κ1) is 14.2. The molecule has 0 aliphatic heterocycles. The summed E-state index contributed by atoms with van der Waals surface area (Å²) in [5.41, 5.74) is 0.493. The normalized spacial score (nSPS) is 13.5. The largest absolute Gasteiger partial charge is 0.481 e. The van der Waals surface area contributed by atoms with E-state index < -0.39 is 11.9 Å². The predicted molar refractivity (Wildman–Crippen MR) is 68.4 cm³/mol. The Balaban J connectivity index is 2.95. The summed E-state index contributed by atoms with van der Waals surface area (Å²) in [6.45, 7) is 5.68. The molecule has 1 atom stereocenters. The highest BCUT2D eigenvalue weighted by atomic mass is 79.9. The first-order valence-corrected chi connectivity index (χ1v) is 6.18. The molecule has 0 bridgehead atoms. The van der Waals surface area contributed by atoms with E-state index in [0.717, 1.165) is 5.56 Å². The molecule has 0 spiro atoms. The number of rotatable bonds is 3. The summed E-state index contributed by atoms with van der Waals surface area (Å²) >= 11 is 3.10. The lowest BCUT2D eigenvalue weighted by Gasteiger charge is -2.27. The van der Waals surface area contributed by atoms with Gasteiger partial charge in [-0.15, -0.1) is 0 Å². The van der Waals surface area contributed by atoms with Crippen molar-refractivity contribution in [3.8, 4) is 0 Å². The highest BCUT2D eigenvalue weighted by Crippen LogP contribution is 2.30. The van der Waals surface area contributed by atoms with Crippen LogP contribution >= 0.6 is 15.9 Å². The fourth-order valence-electron chi connectivity index (χ4n) is 1.67. The van der Waals surface area contributed by atoms with Crippen molar-refractivity contribution in [2.24, 2.45) is 11.3 Å². The monoisotopic (exact) mass is 302 g/mol. The Hall–Kier alpha value is -0.900. The molecule has 0 radical (unpaired) electrons. The van der Waals surface area contributed by atoms with E-state index >= 15 is 0 Å². The van der Waals surface area contributed by atoms with Crippen molar-refractivity contribution in [2.75, 3.05) is 0 Å². The Morgan fingerprint density at radius 3 is 2.47 bits per heavy atom. The molecule has 0 amide bonds. The number of halogens is 2. The van der Waals surface area contributed by atoms with Crippen LogP contribution in [0.4, 0.5) is 4.39 Å². The van der Waals surface area contributed by atoms with E-state index in [1.165, 1.54) is 6.07 Å². The summed E-state index contributed by atoms with van der Waals surface area (Å²) in [6.07, 6.45) is 0.401. The van der Waals surface area contributed by atoms with Crippen LogP contribution in [-0.2, 0) is 11.2 Å². The van der Waals surface area contributed by atoms with Crippen molar-refractivity contribution >= 4 is 21.9 Å². The van der Waals surface area contributed by atoms with Crippen LogP contribution in [0.3, 0.4) is 0 Å². The van der Waals surface area contributed by atoms with Gasteiger partial charge < -0.3 is 5.11 Å². The van der Waals surface area contributed by atoms with E-state index in [-0.39, 0.29) is 11.2 Å². The summed E-state index contributed by atoms with van der Waals surface area (Å²) < 4.78 is 13.4. The molecule has 0 aromatic heterocycles. The van der Waals surface area contributed by atoms with Crippen molar-refractivity contribution in [1.29, 1.82) is 0 Å². The third-order valence-corrected chi connectivity index (χ3v) is 3.38. The summed E-state index contributed by atoms with van der Waals surface area (Å²) in [6, 6.07) is 4.61. The molecule has 0 fully saturated rings. The third kappa shape index (κ3) is 3.80. The molecule has 4 heteroatoms. The van der Waals surface area contributed by atoms with Gasteiger partial charge in [0.05, 0.1) is 10.4 Å². The number of hydrogen-bond acceptors (Lipinski definition) is 1. The first-order chi connectivity index (χ1) is 7.71. The Labute approximate surface area is 109 Å². The first-order valence-electron chi connectivity index (χ1n) is 5.38. The molecular weight excluding hydrogens is 287 g/mol. The molecule has 0 heterocycles. The Morgan fingerprint density at radius 1 is 1.47 bits per heavy atom. The third-order valence-electron chi connectivity index (χ3n) is 2.77. The minimum absolute atomic E-state index is 0.327. The van der Waals surface area contributed by atoms with Crippen LogP contribution in [-0.4, -0.2) is 11.1 Å². The van der Waals surface area contributed by atoms with Crippen LogP contribution in [0.15, 0.2) is 22.7 Å². The van der Waals surface area contributed by atoms with E-state index in [1.54, 1.807) is 12.1 Å². The van der Waals surface area contributed by atoms with Gasteiger partial charge in [-0.05, 0) is 45.5 Å². The molecule has 0 saturated carbocycles. The number of carboxylic acid groups (broad SMARTS) is 1. The van der Waals surface area contributed by atoms with Gasteiger partial charge in [0.25, 0.3) is 0 Å². The quantitative estimate of drug-likeness (QED) is 0.920. The number of carbonyl (C=O) groups is 1. The van der Waals surface area contributed by atoms with Crippen LogP contribution in [0.25, 0.3) is 0 Å². The molecule has 94 valence electrons. The number of hydrogen-bond donors (Lipinski definition) is 1. The second-order valence-corrected chi connectivity index (χ2v) is 6.06. The zero-order valence-electron chi connectivity index (χ0n) is 10.1. The maximum Gasteiger partial charge on any atom is 0.307 e. The Kier molecular flexibility index (Phi) is 4.31. The molecule has 0 aliphatic rings. The maximum atomic E-state index is 13.1. The fourth-order valence-corrected chi connectivity index (χ4v) is 2.09. The van der Waals surface area contributed by atoms with Crippen LogP contribution in [0.1, 0.15) is 26.3 Å². The molecule has 1 aromatic rings. The molecule has 0 saturated heterocycles. The van der Waals surface area contributed by atoms with Crippen molar-refractivity contribution in [2.45, 2.75) is 27.2 Å². The molecule has 0 aliphatic carbocycles. The molecule has 1 aromatic carbocycles. The SMILES string of the molecule is CC(C)(C)C(Cc1ccc(F)c(Br)c1)C(=O)O. The summed E-state index contributed by atoms with van der Waals surface area (Å²) in [5.74, 6) is -1.64. The molecule has 1 unspecified atom stereocenters. The Bertz CT molecular complexity index is 424.